The summed E-state index contributed by atoms with van der Waals surface area (Å²) in [6.45, 7) is 3.89. The van der Waals surface area contributed by atoms with Gasteiger partial charge in [0.25, 0.3) is 0 Å². The quantitative estimate of drug-likeness (QED) is 0.840. The number of carbonyl (C=O) groups excluding carboxylic acids is 1. The molecule has 0 saturated carbocycles. The summed E-state index contributed by atoms with van der Waals surface area (Å²) in [5.41, 5.74) is 6.63. The van der Waals surface area contributed by atoms with Crippen LogP contribution in [0.1, 0.15) is 18.4 Å². The van der Waals surface area contributed by atoms with Crippen LogP contribution < -0.4 is 11.1 Å². The van der Waals surface area contributed by atoms with Crippen molar-refractivity contribution in [2.75, 3.05) is 32.7 Å². The number of nitrogens with two attached hydrogens (primary N) is 1. The van der Waals surface area contributed by atoms with Gasteiger partial charge in [-0.2, -0.15) is 0 Å². The highest BCUT2D eigenvalue weighted by molar-refractivity contribution is 5.85. The van der Waals surface area contributed by atoms with Gasteiger partial charge in [0.2, 0.25) is 5.91 Å². The molecule has 1 heterocycles. The lowest BCUT2D eigenvalue weighted by atomic mass is 9.97. The second-order valence-electron chi connectivity index (χ2n) is 5.49. The molecule has 122 valence electrons. The fourth-order valence-corrected chi connectivity index (χ4v) is 2.68. The van der Waals surface area contributed by atoms with E-state index in [0.29, 0.717) is 13.1 Å². The van der Waals surface area contributed by atoms with Crippen LogP contribution in [0.25, 0.3) is 6.08 Å². The fraction of sp³-hybridized carbons (Fsp3) is 0.471. The van der Waals surface area contributed by atoms with E-state index in [9.17, 15) is 4.79 Å². The van der Waals surface area contributed by atoms with Crippen molar-refractivity contribution in [3.63, 3.8) is 0 Å². The summed E-state index contributed by atoms with van der Waals surface area (Å²) in [6.07, 6.45) is 6.38. The van der Waals surface area contributed by atoms with E-state index in [2.05, 4.69) is 34.5 Å². The van der Waals surface area contributed by atoms with E-state index >= 15 is 0 Å². The van der Waals surface area contributed by atoms with Gasteiger partial charge in [-0.15, -0.1) is 12.4 Å². The molecule has 0 aromatic heterocycles. The molecular weight excluding hydrogens is 298 g/mol. The highest BCUT2D eigenvalue weighted by Gasteiger charge is 2.24. The van der Waals surface area contributed by atoms with Crippen molar-refractivity contribution in [2.45, 2.75) is 12.8 Å². The van der Waals surface area contributed by atoms with Crippen LogP contribution in [-0.4, -0.2) is 43.5 Å². The first-order valence-electron chi connectivity index (χ1n) is 7.71. The van der Waals surface area contributed by atoms with E-state index in [4.69, 9.17) is 5.73 Å². The van der Waals surface area contributed by atoms with Gasteiger partial charge in [-0.25, -0.2) is 0 Å². The lowest BCUT2D eigenvalue weighted by Gasteiger charge is -2.31. The number of rotatable bonds is 6. The van der Waals surface area contributed by atoms with Crippen LogP contribution >= 0.6 is 12.4 Å². The Labute approximate surface area is 139 Å². The molecule has 5 heteroatoms. The molecule has 0 radical (unpaired) electrons. The Morgan fingerprint density at radius 3 is 2.86 bits per heavy atom. The zero-order valence-corrected chi connectivity index (χ0v) is 13.7. The molecule has 1 saturated heterocycles. The largest absolute Gasteiger partial charge is 0.355 e. The monoisotopic (exact) mass is 323 g/mol. The van der Waals surface area contributed by atoms with Gasteiger partial charge in [-0.3, -0.25) is 9.69 Å². The van der Waals surface area contributed by atoms with Gasteiger partial charge in [-0.05, 0) is 24.9 Å². The number of likely N-dealkylation sites (tertiary alicyclic amines) is 1. The number of nitrogens with one attached hydrogen (secondary N) is 1. The lowest BCUT2D eigenvalue weighted by Crippen LogP contribution is -2.44. The normalized spacial score (nSPS) is 18.9. The van der Waals surface area contributed by atoms with E-state index < -0.39 is 0 Å². The Hall–Kier alpha value is -1.36. The second-order valence-corrected chi connectivity index (χ2v) is 5.49. The molecule has 1 fully saturated rings. The van der Waals surface area contributed by atoms with Crippen molar-refractivity contribution < 1.29 is 4.79 Å². The van der Waals surface area contributed by atoms with Crippen LogP contribution in [-0.2, 0) is 4.79 Å². The van der Waals surface area contributed by atoms with Gasteiger partial charge in [0.05, 0.1) is 5.92 Å². The molecule has 1 atom stereocenters. The van der Waals surface area contributed by atoms with Gasteiger partial charge < -0.3 is 11.1 Å². The molecule has 0 spiro atoms. The summed E-state index contributed by atoms with van der Waals surface area (Å²) in [6, 6.07) is 10.3. The van der Waals surface area contributed by atoms with Crippen molar-refractivity contribution in [2.24, 2.45) is 11.7 Å². The molecule has 2 rings (SSSR count). The van der Waals surface area contributed by atoms with Crippen molar-refractivity contribution in [3.8, 4) is 0 Å². The molecular formula is C17H26ClN3O. The van der Waals surface area contributed by atoms with E-state index in [0.717, 1.165) is 32.5 Å². The average molecular weight is 324 g/mol. The topological polar surface area (TPSA) is 58.4 Å². The Balaban J connectivity index is 0.00000242. The maximum atomic E-state index is 12.0. The van der Waals surface area contributed by atoms with E-state index in [1.807, 2.05) is 18.2 Å². The third-order valence-electron chi connectivity index (χ3n) is 3.79. The van der Waals surface area contributed by atoms with Crippen LogP contribution in [0.3, 0.4) is 0 Å². The van der Waals surface area contributed by atoms with Crippen LogP contribution in [0.2, 0.25) is 0 Å². The van der Waals surface area contributed by atoms with Crippen molar-refractivity contribution >= 4 is 24.4 Å². The number of hydrogen-bond acceptors (Lipinski definition) is 3. The Morgan fingerprint density at radius 1 is 1.36 bits per heavy atom. The smallest absolute Gasteiger partial charge is 0.224 e. The van der Waals surface area contributed by atoms with Crippen molar-refractivity contribution in [1.29, 1.82) is 0 Å². The molecule has 3 N–H and O–H groups in total. The molecule has 1 amide bonds. The maximum Gasteiger partial charge on any atom is 0.224 e. The van der Waals surface area contributed by atoms with E-state index in [1.165, 1.54) is 5.56 Å². The molecule has 1 aromatic rings. The molecule has 1 aromatic carbocycles. The molecule has 22 heavy (non-hydrogen) atoms. The van der Waals surface area contributed by atoms with E-state index in [-0.39, 0.29) is 24.2 Å². The third kappa shape index (κ3) is 6.18. The fourth-order valence-electron chi connectivity index (χ4n) is 2.68. The summed E-state index contributed by atoms with van der Waals surface area (Å²) < 4.78 is 0. The van der Waals surface area contributed by atoms with E-state index in [1.54, 1.807) is 0 Å². The summed E-state index contributed by atoms with van der Waals surface area (Å²) in [7, 11) is 0. The summed E-state index contributed by atoms with van der Waals surface area (Å²) >= 11 is 0. The maximum absolute atomic E-state index is 12.0. The number of amides is 1. The summed E-state index contributed by atoms with van der Waals surface area (Å²) in [5.74, 6) is 0.257. The summed E-state index contributed by atoms with van der Waals surface area (Å²) in [4.78, 5) is 14.3. The third-order valence-corrected chi connectivity index (χ3v) is 3.79. The minimum absolute atomic E-state index is 0. The van der Waals surface area contributed by atoms with Crippen LogP contribution in [0.15, 0.2) is 36.4 Å². The number of halogens is 1. The highest BCUT2D eigenvalue weighted by atomic mass is 35.5. The molecule has 0 bridgehead atoms. The molecule has 0 aliphatic carbocycles. The number of carbonyl (C=O) groups is 1. The van der Waals surface area contributed by atoms with Crippen molar-refractivity contribution in [3.05, 3.63) is 42.0 Å². The number of benzene rings is 1. The van der Waals surface area contributed by atoms with Crippen LogP contribution in [0.4, 0.5) is 0 Å². The van der Waals surface area contributed by atoms with Gasteiger partial charge in [0, 0.05) is 26.2 Å². The zero-order valence-electron chi connectivity index (χ0n) is 12.9. The predicted molar refractivity (Wildman–Crippen MR) is 94.0 cm³/mol. The Kier molecular flexibility index (Phi) is 8.82. The average Bonchev–Trinajstić information content (AvgIpc) is 2.54. The van der Waals surface area contributed by atoms with Crippen molar-refractivity contribution in [1.82, 2.24) is 10.2 Å². The number of hydrogen-bond donors (Lipinski definition) is 2. The highest BCUT2D eigenvalue weighted by Crippen LogP contribution is 2.16. The first kappa shape index (κ1) is 18.7. The molecule has 1 aliphatic heterocycles. The molecule has 1 aliphatic rings. The minimum atomic E-state index is 0. The van der Waals surface area contributed by atoms with Gasteiger partial charge in [0.15, 0.2) is 0 Å². The number of piperidine rings is 1. The summed E-state index contributed by atoms with van der Waals surface area (Å²) in [5, 5.41) is 2.90. The lowest BCUT2D eigenvalue weighted by molar-refractivity contribution is -0.126. The standard InChI is InChI=1S/C17H25N3O.ClH/c18-10-11-19-17(21)16-9-5-13-20(14-16)12-4-8-15-6-2-1-3-7-15;/h1-4,6-8,16H,5,9-14,18H2,(H,19,21);1H/b8-4+;. The second kappa shape index (κ2) is 10.4. The first-order chi connectivity index (χ1) is 10.3. The molecule has 1 unspecified atom stereocenters. The van der Waals surface area contributed by atoms with Gasteiger partial charge in [0.1, 0.15) is 0 Å². The van der Waals surface area contributed by atoms with Gasteiger partial charge >= 0.3 is 0 Å². The zero-order chi connectivity index (χ0) is 14.9. The van der Waals surface area contributed by atoms with Crippen LogP contribution in [0, 0.1) is 5.92 Å². The Bertz CT molecular complexity index is 464. The predicted octanol–water partition coefficient (Wildman–Crippen LogP) is 1.91. The first-order valence-corrected chi connectivity index (χ1v) is 7.71. The molecule has 4 nitrogen and oxygen atoms in total. The SMILES string of the molecule is Cl.NCCNC(=O)C1CCCN(C/C=C/c2ccccc2)C1. The van der Waals surface area contributed by atoms with Gasteiger partial charge in [-0.1, -0.05) is 42.5 Å². The number of nitrogens with zero attached hydrogens (tertiary/aromatic N) is 1. The van der Waals surface area contributed by atoms with Crippen LogP contribution in [0.5, 0.6) is 0 Å². The Morgan fingerprint density at radius 2 is 2.14 bits per heavy atom. The minimum Gasteiger partial charge on any atom is -0.355 e.